The average molecular weight is 203 g/mol. The molecule has 0 bridgehead atoms. The standard InChI is InChI=1S/C10H21NO3/c1-5-11(6-2)7-9(8(3)12)10(13)14-4/h8-9,12H,5-7H2,1-4H3. The molecule has 0 aromatic heterocycles. The maximum Gasteiger partial charge on any atom is 0.312 e. The van der Waals surface area contributed by atoms with Crippen molar-refractivity contribution < 1.29 is 14.6 Å². The molecule has 0 amide bonds. The fourth-order valence-corrected chi connectivity index (χ4v) is 1.34. The monoisotopic (exact) mass is 203 g/mol. The maximum absolute atomic E-state index is 11.3. The van der Waals surface area contributed by atoms with Crippen molar-refractivity contribution in [2.75, 3.05) is 26.7 Å². The molecule has 0 fully saturated rings. The summed E-state index contributed by atoms with van der Waals surface area (Å²) in [5.74, 6) is -0.785. The van der Waals surface area contributed by atoms with Crippen molar-refractivity contribution in [3.63, 3.8) is 0 Å². The molecule has 14 heavy (non-hydrogen) atoms. The van der Waals surface area contributed by atoms with Gasteiger partial charge in [0.25, 0.3) is 0 Å². The molecule has 0 saturated heterocycles. The number of carbonyl (C=O) groups excluding carboxylic acids is 1. The van der Waals surface area contributed by atoms with Gasteiger partial charge in [-0.3, -0.25) is 4.79 Å². The first-order valence-electron chi connectivity index (χ1n) is 5.05. The molecule has 0 heterocycles. The van der Waals surface area contributed by atoms with Crippen LogP contribution < -0.4 is 0 Å². The average Bonchev–Trinajstić information content (AvgIpc) is 2.18. The van der Waals surface area contributed by atoms with Gasteiger partial charge in [-0.25, -0.2) is 0 Å². The van der Waals surface area contributed by atoms with Gasteiger partial charge in [-0.2, -0.15) is 0 Å². The van der Waals surface area contributed by atoms with Gasteiger partial charge < -0.3 is 14.7 Å². The molecule has 2 unspecified atom stereocenters. The van der Waals surface area contributed by atoms with Gasteiger partial charge in [-0.1, -0.05) is 13.8 Å². The maximum atomic E-state index is 11.3. The Morgan fingerprint density at radius 3 is 2.21 bits per heavy atom. The number of rotatable bonds is 6. The zero-order chi connectivity index (χ0) is 11.1. The summed E-state index contributed by atoms with van der Waals surface area (Å²) in [5.41, 5.74) is 0. The highest BCUT2D eigenvalue weighted by atomic mass is 16.5. The Morgan fingerprint density at radius 2 is 1.93 bits per heavy atom. The van der Waals surface area contributed by atoms with E-state index in [-0.39, 0.29) is 5.97 Å². The quantitative estimate of drug-likeness (QED) is 0.639. The molecule has 0 rings (SSSR count). The number of esters is 1. The molecule has 1 N–H and O–H groups in total. The Bertz CT molecular complexity index is 167. The number of hydrogen-bond donors (Lipinski definition) is 1. The minimum absolute atomic E-state index is 0.341. The van der Waals surface area contributed by atoms with E-state index in [9.17, 15) is 9.90 Å². The Hall–Kier alpha value is -0.610. The third kappa shape index (κ3) is 4.07. The Balaban J connectivity index is 4.28. The minimum atomic E-state index is -0.664. The van der Waals surface area contributed by atoms with E-state index in [1.54, 1.807) is 6.92 Å². The van der Waals surface area contributed by atoms with E-state index in [0.717, 1.165) is 13.1 Å². The molecule has 0 spiro atoms. The molecule has 4 nitrogen and oxygen atoms in total. The van der Waals surface area contributed by atoms with E-state index in [2.05, 4.69) is 9.64 Å². The van der Waals surface area contributed by atoms with Crippen LogP contribution in [0, 0.1) is 5.92 Å². The van der Waals surface area contributed by atoms with Crippen LogP contribution in [0.2, 0.25) is 0 Å². The van der Waals surface area contributed by atoms with Crippen molar-refractivity contribution in [1.82, 2.24) is 4.90 Å². The molecule has 4 heteroatoms. The SMILES string of the molecule is CCN(CC)CC(C(=O)OC)C(C)O. The summed E-state index contributed by atoms with van der Waals surface area (Å²) in [6, 6.07) is 0. The smallest absolute Gasteiger partial charge is 0.312 e. The number of aliphatic hydroxyl groups excluding tert-OH is 1. The molecule has 0 saturated carbocycles. The lowest BCUT2D eigenvalue weighted by molar-refractivity contribution is -0.149. The summed E-state index contributed by atoms with van der Waals surface area (Å²) in [6.45, 7) is 7.97. The summed E-state index contributed by atoms with van der Waals surface area (Å²) in [6.07, 6.45) is -0.664. The van der Waals surface area contributed by atoms with Gasteiger partial charge in [-0.05, 0) is 20.0 Å². The Morgan fingerprint density at radius 1 is 1.43 bits per heavy atom. The second kappa shape index (κ2) is 6.79. The van der Waals surface area contributed by atoms with Crippen LogP contribution in [-0.4, -0.2) is 48.8 Å². The number of methoxy groups -OCH3 is 1. The number of ether oxygens (including phenoxy) is 1. The third-order valence-corrected chi connectivity index (χ3v) is 2.44. The van der Waals surface area contributed by atoms with Crippen LogP contribution in [0.25, 0.3) is 0 Å². The summed E-state index contributed by atoms with van der Waals surface area (Å²) >= 11 is 0. The predicted octanol–water partition coefficient (Wildman–Crippen LogP) is 0.498. The summed E-state index contributed by atoms with van der Waals surface area (Å²) in [7, 11) is 1.35. The Kier molecular flexibility index (Phi) is 6.49. The van der Waals surface area contributed by atoms with Crippen LogP contribution in [0.3, 0.4) is 0 Å². The summed E-state index contributed by atoms with van der Waals surface area (Å²) in [4.78, 5) is 13.4. The van der Waals surface area contributed by atoms with Crippen LogP contribution in [0.15, 0.2) is 0 Å². The van der Waals surface area contributed by atoms with Crippen molar-refractivity contribution in [1.29, 1.82) is 0 Å². The highest BCUT2D eigenvalue weighted by Crippen LogP contribution is 2.08. The first kappa shape index (κ1) is 13.4. The summed E-state index contributed by atoms with van der Waals surface area (Å²) < 4.78 is 4.64. The van der Waals surface area contributed by atoms with Crippen LogP contribution in [0.1, 0.15) is 20.8 Å². The van der Waals surface area contributed by atoms with E-state index in [0.29, 0.717) is 6.54 Å². The van der Waals surface area contributed by atoms with Gasteiger partial charge >= 0.3 is 5.97 Å². The van der Waals surface area contributed by atoms with Crippen molar-refractivity contribution >= 4 is 5.97 Å². The first-order valence-corrected chi connectivity index (χ1v) is 5.05. The van der Waals surface area contributed by atoms with Crippen molar-refractivity contribution in [2.45, 2.75) is 26.9 Å². The Labute approximate surface area is 85.9 Å². The number of aliphatic hydroxyl groups is 1. The number of nitrogens with zero attached hydrogens (tertiary/aromatic N) is 1. The molecular formula is C10H21NO3. The van der Waals surface area contributed by atoms with Gasteiger partial charge in [0, 0.05) is 6.54 Å². The topological polar surface area (TPSA) is 49.8 Å². The number of hydrogen-bond acceptors (Lipinski definition) is 4. The minimum Gasteiger partial charge on any atom is -0.469 e. The fourth-order valence-electron chi connectivity index (χ4n) is 1.34. The number of carbonyl (C=O) groups is 1. The molecule has 0 aromatic rings. The molecule has 84 valence electrons. The van der Waals surface area contributed by atoms with Crippen LogP contribution in [0.4, 0.5) is 0 Å². The lowest BCUT2D eigenvalue weighted by Gasteiger charge is -2.25. The second-order valence-corrected chi connectivity index (χ2v) is 3.36. The van der Waals surface area contributed by atoms with Gasteiger partial charge in [-0.15, -0.1) is 0 Å². The van der Waals surface area contributed by atoms with Crippen molar-refractivity contribution in [3.8, 4) is 0 Å². The van der Waals surface area contributed by atoms with Crippen molar-refractivity contribution in [3.05, 3.63) is 0 Å². The highest BCUT2D eigenvalue weighted by Gasteiger charge is 2.25. The van der Waals surface area contributed by atoms with Gasteiger partial charge in [0.1, 0.15) is 0 Å². The zero-order valence-corrected chi connectivity index (χ0v) is 9.49. The fraction of sp³-hybridized carbons (Fsp3) is 0.900. The van der Waals surface area contributed by atoms with Crippen LogP contribution >= 0.6 is 0 Å². The van der Waals surface area contributed by atoms with Gasteiger partial charge in [0.05, 0.1) is 19.1 Å². The molecule has 0 radical (unpaired) electrons. The summed E-state index contributed by atoms with van der Waals surface area (Å²) in [5, 5.41) is 9.43. The molecule has 2 atom stereocenters. The lowest BCUT2D eigenvalue weighted by atomic mass is 10.0. The van der Waals surface area contributed by atoms with Crippen LogP contribution in [-0.2, 0) is 9.53 Å². The van der Waals surface area contributed by atoms with E-state index in [4.69, 9.17) is 0 Å². The predicted molar refractivity (Wildman–Crippen MR) is 55.0 cm³/mol. The molecular weight excluding hydrogens is 182 g/mol. The third-order valence-electron chi connectivity index (χ3n) is 2.44. The van der Waals surface area contributed by atoms with Gasteiger partial charge in [0.15, 0.2) is 0 Å². The molecule has 0 aliphatic heterocycles. The second-order valence-electron chi connectivity index (χ2n) is 3.36. The van der Waals surface area contributed by atoms with E-state index in [1.807, 2.05) is 13.8 Å². The van der Waals surface area contributed by atoms with E-state index in [1.165, 1.54) is 7.11 Å². The largest absolute Gasteiger partial charge is 0.469 e. The normalized spacial score (nSPS) is 15.3. The van der Waals surface area contributed by atoms with E-state index >= 15 is 0 Å². The van der Waals surface area contributed by atoms with Crippen LogP contribution in [0.5, 0.6) is 0 Å². The van der Waals surface area contributed by atoms with Gasteiger partial charge in [0.2, 0.25) is 0 Å². The molecule has 0 aromatic carbocycles. The van der Waals surface area contributed by atoms with E-state index < -0.39 is 12.0 Å². The highest BCUT2D eigenvalue weighted by molar-refractivity contribution is 5.73. The zero-order valence-electron chi connectivity index (χ0n) is 9.49. The molecule has 0 aliphatic rings. The lowest BCUT2D eigenvalue weighted by Crippen LogP contribution is -2.39. The first-order chi connectivity index (χ1) is 6.56. The molecule has 0 aliphatic carbocycles. The van der Waals surface area contributed by atoms with Crippen molar-refractivity contribution in [2.24, 2.45) is 5.92 Å².